The van der Waals surface area contributed by atoms with E-state index in [1.54, 1.807) is 0 Å². The number of ketones is 1. The number of rotatable bonds is 2. The number of hydrogen-bond donors (Lipinski definition) is 1. The Bertz CT molecular complexity index is 288. The molecule has 0 radical (unpaired) electrons. The minimum atomic E-state index is -1.96. The SMILES string of the molecule is CC(=O)c1ccc(S(=O)O)cc1.[NaH]. The number of carbonyl (C=O) groups excluding carboxylic acids is 1. The Kier molecular flexibility index (Phi) is 5.67. The summed E-state index contributed by atoms with van der Waals surface area (Å²) in [6.45, 7) is 1.45. The van der Waals surface area contributed by atoms with Crippen LogP contribution in [0.5, 0.6) is 0 Å². The molecular weight excluding hydrogens is 199 g/mol. The first-order chi connectivity index (χ1) is 5.61. The molecule has 5 heteroatoms. The van der Waals surface area contributed by atoms with Crippen molar-refractivity contribution in [2.45, 2.75) is 11.8 Å². The fourth-order valence-electron chi connectivity index (χ4n) is 0.806. The van der Waals surface area contributed by atoms with Crippen LogP contribution in [0.25, 0.3) is 0 Å². The zero-order valence-electron chi connectivity index (χ0n) is 6.48. The van der Waals surface area contributed by atoms with Crippen LogP contribution in [0, 0.1) is 0 Å². The first kappa shape index (κ1) is 13.0. The van der Waals surface area contributed by atoms with Gasteiger partial charge in [0.15, 0.2) is 16.9 Å². The van der Waals surface area contributed by atoms with Gasteiger partial charge in [-0.1, -0.05) is 12.1 Å². The summed E-state index contributed by atoms with van der Waals surface area (Å²) in [5, 5.41) is 0. The van der Waals surface area contributed by atoms with E-state index in [1.165, 1.54) is 31.2 Å². The average molecular weight is 208 g/mol. The molecule has 1 atom stereocenters. The van der Waals surface area contributed by atoms with Crippen LogP contribution in [0.15, 0.2) is 29.2 Å². The molecule has 0 aliphatic carbocycles. The first-order valence-electron chi connectivity index (χ1n) is 3.33. The van der Waals surface area contributed by atoms with Gasteiger partial charge in [0.2, 0.25) is 0 Å². The van der Waals surface area contributed by atoms with Crippen molar-refractivity contribution in [1.29, 1.82) is 0 Å². The second kappa shape index (κ2) is 5.67. The van der Waals surface area contributed by atoms with Crippen LogP contribution >= 0.6 is 0 Å². The van der Waals surface area contributed by atoms with E-state index in [9.17, 15) is 9.00 Å². The van der Waals surface area contributed by atoms with Crippen molar-refractivity contribution >= 4 is 46.4 Å². The monoisotopic (exact) mass is 208 g/mol. The summed E-state index contributed by atoms with van der Waals surface area (Å²) in [5.41, 5.74) is 0.546. The summed E-state index contributed by atoms with van der Waals surface area (Å²) >= 11 is -1.96. The second-order valence-electron chi connectivity index (χ2n) is 2.33. The maximum atomic E-state index is 10.8. The molecule has 0 amide bonds. The summed E-state index contributed by atoms with van der Waals surface area (Å²) in [5.74, 6) is -0.0507. The predicted molar refractivity (Wildman–Crippen MR) is 52.6 cm³/mol. The van der Waals surface area contributed by atoms with E-state index in [2.05, 4.69) is 0 Å². The fraction of sp³-hybridized carbons (Fsp3) is 0.125. The van der Waals surface area contributed by atoms with Crippen LogP contribution in [-0.2, 0) is 11.1 Å². The third-order valence-electron chi connectivity index (χ3n) is 1.46. The van der Waals surface area contributed by atoms with Gasteiger partial charge in [-0.3, -0.25) is 4.79 Å². The fourth-order valence-corrected chi connectivity index (χ4v) is 1.17. The Balaban J connectivity index is 0.00000144. The molecule has 0 aliphatic heterocycles. The zero-order valence-corrected chi connectivity index (χ0v) is 7.30. The van der Waals surface area contributed by atoms with E-state index in [1.807, 2.05) is 0 Å². The maximum absolute atomic E-state index is 10.8. The van der Waals surface area contributed by atoms with E-state index >= 15 is 0 Å². The topological polar surface area (TPSA) is 54.4 Å². The van der Waals surface area contributed by atoms with Gasteiger partial charge in [0.25, 0.3) is 0 Å². The molecule has 0 heterocycles. The summed E-state index contributed by atoms with van der Waals surface area (Å²) < 4.78 is 19.1. The van der Waals surface area contributed by atoms with Crippen molar-refractivity contribution in [2.24, 2.45) is 0 Å². The van der Waals surface area contributed by atoms with Crippen LogP contribution in [0.4, 0.5) is 0 Å². The molecule has 66 valence electrons. The second-order valence-corrected chi connectivity index (χ2v) is 3.30. The van der Waals surface area contributed by atoms with Gasteiger partial charge in [-0.15, -0.1) is 0 Å². The Hall–Kier alpha value is -0.000000000000000222. The van der Waals surface area contributed by atoms with Gasteiger partial charge in [0.1, 0.15) is 0 Å². The normalized spacial score (nSPS) is 11.5. The van der Waals surface area contributed by atoms with Crippen LogP contribution in [-0.4, -0.2) is 44.1 Å². The van der Waals surface area contributed by atoms with E-state index in [0.29, 0.717) is 10.5 Å². The quantitative estimate of drug-likeness (QED) is 0.445. The Labute approximate surface area is 101 Å². The van der Waals surface area contributed by atoms with E-state index in [-0.39, 0.29) is 35.3 Å². The third-order valence-corrected chi connectivity index (χ3v) is 2.14. The summed E-state index contributed by atoms with van der Waals surface area (Å²) in [7, 11) is 0. The van der Waals surface area contributed by atoms with Crippen molar-refractivity contribution in [3.05, 3.63) is 29.8 Å². The molecule has 0 aromatic heterocycles. The molecule has 0 saturated heterocycles. The molecule has 1 rings (SSSR count). The Morgan fingerprint density at radius 3 is 2.08 bits per heavy atom. The number of benzene rings is 1. The molecule has 1 N–H and O–H groups in total. The molecule has 1 aromatic rings. The van der Waals surface area contributed by atoms with Gasteiger partial charge in [0.05, 0.1) is 4.90 Å². The van der Waals surface area contributed by atoms with Crippen molar-refractivity contribution < 1.29 is 13.6 Å². The third kappa shape index (κ3) is 3.70. The molecular formula is C8H9NaO3S. The summed E-state index contributed by atoms with van der Waals surface area (Å²) in [6.07, 6.45) is 0. The van der Waals surface area contributed by atoms with Crippen LogP contribution in [0.2, 0.25) is 0 Å². The van der Waals surface area contributed by atoms with Crippen molar-refractivity contribution in [3.63, 3.8) is 0 Å². The standard InChI is InChI=1S/C8H8O3S.Na.H/c1-6(9)7-2-4-8(5-3-7)12(10)11;;/h2-5H,1H3,(H,10,11);;. The van der Waals surface area contributed by atoms with Gasteiger partial charge in [-0.25, -0.2) is 4.21 Å². The zero-order chi connectivity index (χ0) is 9.14. The molecule has 0 aliphatic rings. The van der Waals surface area contributed by atoms with E-state index < -0.39 is 11.1 Å². The van der Waals surface area contributed by atoms with Gasteiger partial charge < -0.3 is 4.55 Å². The molecule has 3 nitrogen and oxygen atoms in total. The molecule has 0 fully saturated rings. The molecule has 1 unspecified atom stereocenters. The molecule has 1 aromatic carbocycles. The minimum absolute atomic E-state index is 0. The van der Waals surface area contributed by atoms with Crippen molar-refractivity contribution in [2.75, 3.05) is 0 Å². The van der Waals surface area contributed by atoms with Gasteiger partial charge in [-0.2, -0.15) is 0 Å². The molecule has 13 heavy (non-hydrogen) atoms. The van der Waals surface area contributed by atoms with Crippen LogP contribution in [0.1, 0.15) is 17.3 Å². The molecule has 0 bridgehead atoms. The molecule has 0 spiro atoms. The van der Waals surface area contributed by atoms with Crippen molar-refractivity contribution in [1.82, 2.24) is 0 Å². The van der Waals surface area contributed by atoms with Crippen LogP contribution in [0.3, 0.4) is 0 Å². The van der Waals surface area contributed by atoms with E-state index in [4.69, 9.17) is 4.55 Å². The average Bonchev–Trinajstić information content (AvgIpc) is 2.04. The number of hydrogen-bond acceptors (Lipinski definition) is 2. The summed E-state index contributed by atoms with van der Waals surface area (Å²) in [6, 6.07) is 6.00. The van der Waals surface area contributed by atoms with Crippen LogP contribution < -0.4 is 0 Å². The Morgan fingerprint density at radius 2 is 1.77 bits per heavy atom. The van der Waals surface area contributed by atoms with Gasteiger partial charge in [-0.05, 0) is 19.1 Å². The molecule has 0 saturated carbocycles. The Morgan fingerprint density at radius 1 is 1.31 bits per heavy atom. The van der Waals surface area contributed by atoms with E-state index in [0.717, 1.165) is 0 Å². The number of Topliss-reactive ketones (excluding diaryl/α,β-unsaturated/α-hetero) is 1. The number of carbonyl (C=O) groups is 1. The predicted octanol–water partition coefficient (Wildman–Crippen LogP) is 0.821. The van der Waals surface area contributed by atoms with Crippen molar-refractivity contribution in [3.8, 4) is 0 Å². The van der Waals surface area contributed by atoms with Gasteiger partial charge in [0, 0.05) is 5.56 Å². The first-order valence-corrected chi connectivity index (χ1v) is 4.44. The summed E-state index contributed by atoms with van der Waals surface area (Å²) in [4.78, 5) is 11.1. The van der Waals surface area contributed by atoms with Gasteiger partial charge >= 0.3 is 29.6 Å².